The van der Waals surface area contributed by atoms with Gasteiger partial charge in [-0.3, -0.25) is 10.0 Å². The maximum Gasteiger partial charge on any atom is 0.0995 e. The van der Waals surface area contributed by atoms with Crippen molar-refractivity contribution in [3.05, 3.63) is 0 Å². The van der Waals surface area contributed by atoms with Gasteiger partial charge in [0.15, 0.2) is 0 Å². The van der Waals surface area contributed by atoms with Gasteiger partial charge in [0, 0.05) is 13.1 Å². The first-order valence-corrected chi connectivity index (χ1v) is 12.0. The van der Waals surface area contributed by atoms with Crippen LogP contribution in [-0.4, -0.2) is 54.2 Å². The molecule has 0 saturated carbocycles. The molecule has 4 nitrogen and oxygen atoms in total. The minimum Gasteiger partial charge on any atom is -0.395 e. The van der Waals surface area contributed by atoms with Crippen molar-refractivity contribution in [2.24, 2.45) is 4.99 Å². The molecule has 0 aromatic carbocycles. The summed E-state index contributed by atoms with van der Waals surface area (Å²) in [6.07, 6.45) is 24.4. The number of aliphatic hydroxyl groups excluding tert-OH is 1. The molecular weight excluding hydrogens is 370 g/mol. The fourth-order valence-corrected chi connectivity index (χ4v) is 3.91. The van der Waals surface area contributed by atoms with Crippen LogP contribution in [0.15, 0.2) is 4.99 Å². The number of hydrogen-bond donors (Lipinski definition) is 1. The monoisotopic (exact) mass is 417 g/mol. The van der Waals surface area contributed by atoms with Gasteiger partial charge in [-0.2, -0.15) is 0 Å². The van der Waals surface area contributed by atoms with Crippen LogP contribution < -0.4 is 0 Å². The van der Waals surface area contributed by atoms with Gasteiger partial charge in [-0.1, -0.05) is 103 Å². The lowest BCUT2D eigenvalue weighted by molar-refractivity contribution is 0.0392. The Morgan fingerprint density at radius 2 is 1.21 bits per heavy atom. The van der Waals surface area contributed by atoms with Crippen molar-refractivity contribution in [3.63, 3.8) is 0 Å². The van der Waals surface area contributed by atoms with Crippen molar-refractivity contribution in [2.75, 3.05) is 32.8 Å². The van der Waals surface area contributed by atoms with E-state index in [1.165, 1.54) is 103 Å². The third kappa shape index (κ3) is 15.6. The Balaban J connectivity index is 0.00000729. The Bertz CT molecular complexity index is 342. The Hall–Kier alpha value is -0.320. The molecule has 0 amide bonds. The lowest BCUT2D eigenvalue weighted by Gasteiger charge is -2.30. The summed E-state index contributed by atoms with van der Waals surface area (Å²) in [6, 6.07) is 0. The van der Waals surface area contributed by atoms with Crippen LogP contribution in [0.5, 0.6) is 0 Å². The zero-order valence-electron chi connectivity index (χ0n) is 18.6. The van der Waals surface area contributed by atoms with Crippen LogP contribution in [0.4, 0.5) is 0 Å². The highest BCUT2D eigenvalue weighted by Gasteiger charge is 2.14. The van der Waals surface area contributed by atoms with Crippen LogP contribution in [0.2, 0.25) is 0 Å². The smallest absolute Gasteiger partial charge is 0.0995 e. The van der Waals surface area contributed by atoms with Crippen molar-refractivity contribution >= 4 is 18.7 Å². The van der Waals surface area contributed by atoms with E-state index in [1.807, 2.05) is 6.34 Å². The number of hydrogen-bond acceptors (Lipinski definition) is 4. The molecular formula is C23H48ClN3O. The number of unbranched alkanes of at least 4 members (excludes halogenated alkanes) is 15. The van der Waals surface area contributed by atoms with Gasteiger partial charge in [-0.15, -0.1) is 12.4 Å². The standard InChI is InChI=1S/C23H47N3O.ClH/c1-2-3-4-5-6-7-8-9-10-11-12-13-14-15-16-17-19-25(21-22-27)26-20-18-24-23-26;/h23,27H,2-22H2,1H3;1H. The zero-order valence-corrected chi connectivity index (χ0v) is 19.4. The summed E-state index contributed by atoms with van der Waals surface area (Å²) < 4.78 is 0. The number of rotatable bonds is 20. The van der Waals surface area contributed by atoms with E-state index in [0.29, 0.717) is 0 Å². The molecule has 0 fully saturated rings. The van der Waals surface area contributed by atoms with Crippen LogP contribution in [0.3, 0.4) is 0 Å². The quantitative estimate of drug-likeness (QED) is 0.239. The van der Waals surface area contributed by atoms with Crippen LogP contribution >= 0.6 is 12.4 Å². The first kappa shape index (κ1) is 27.7. The molecule has 0 radical (unpaired) electrons. The highest BCUT2D eigenvalue weighted by molar-refractivity contribution is 5.85. The molecule has 0 atom stereocenters. The summed E-state index contributed by atoms with van der Waals surface area (Å²) in [7, 11) is 0. The van der Waals surface area contributed by atoms with E-state index in [-0.39, 0.29) is 19.0 Å². The van der Waals surface area contributed by atoms with E-state index in [2.05, 4.69) is 21.9 Å². The fraction of sp³-hybridized carbons (Fsp3) is 0.957. The number of hydrazine groups is 1. The Kier molecular flexibility index (Phi) is 21.1. The second kappa shape index (κ2) is 21.4. The predicted octanol–water partition coefficient (Wildman–Crippen LogP) is 6.22. The SMILES string of the molecule is CCCCCCCCCCCCCCCCCCN(CCO)N1C=NCC1.Cl. The van der Waals surface area contributed by atoms with Crippen LogP contribution in [0.1, 0.15) is 110 Å². The summed E-state index contributed by atoms with van der Waals surface area (Å²) in [5, 5.41) is 13.6. The molecule has 0 aromatic rings. The minimum absolute atomic E-state index is 0. The molecule has 0 aliphatic carbocycles. The lowest BCUT2D eigenvalue weighted by Crippen LogP contribution is -2.43. The first-order valence-electron chi connectivity index (χ1n) is 12.0. The summed E-state index contributed by atoms with van der Waals surface area (Å²) >= 11 is 0. The second-order valence-corrected chi connectivity index (χ2v) is 8.17. The topological polar surface area (TPSA) is 39.1 Å². The van der Waals surface area contributed by atoms with Gasteiger partial charge in [0.05, 0.1) is 26.0 Å². The van der Waals surface area contributed by atoms with E-state index in [9.17, 15) is 5.11 Å². The number of halogens is 1. The Labute approximate surface area is 181 Å². The van der Waals surface area contributed by atoms with Crippen molar-refractivity contribution in [2.45, 2.75) is 110 Å². The summed E-state index contributed by atoms with van der Waals surface area (Å²) in [5.41, 5.74) is 0. The number of nitrogens with zero attached hydrogens (tertiary/aromatic N) is 3. The molecule has 168 valence electrons. The van der Waals surface area contributed by atoms with Crippen LogP contribution in [0, 0.1) is 0 Å². The molecule has 1 N–H and O–H groups in total. The van der Waals surface area contributed by atoms with Gasteiger partial charge in [-0.05, 0) is 6.42 Å². The molecule has 0 spiro atoms. The van der Waals surface area contributed by atoms with E-state index in [4.69, 9.17) is 0 Å². The minimum atomic E-state index is 0. The van der Waals surface area contributed by atoms with E-state index >= 15 is 0 Å². The lowest BCUT2D eigenvalue weighted by atomic mass is 10.0. The van der Waals surface area contributed by atoms with Gasteiger partial charge in [0.1, 0.15) is 0 Å². The van der Waals surface area contributed by atoms with Crippen molar-refractivity contribution < 1.29 is 5.11 Å². The first-order chi connectivity index (χ1) is 13.4. The molecule has 1 aliphatic heterocycles. The average molecular weight is 418 g/mol. The largest absolute Gasteiger partial charge is 0.395 e. The Morgan fingerprint density at radius 1 is 0.750 bits per heavy atom. The van der Waals surface area contributed by atoms with E-state index in [0.717, 1.165) is 26.2 Å². The van der Waals surface area contributed by atoms with E-state index in [1.54, 1.807) is 0 Å². The van der Waals surface area contributed by atoms with Crippen molar-refractivity contribution in [1.82, 2.24) is 10.0 Å². The molecule has 28 heavy (non-hydrogen) atoms. The highest BCUT2D eigenvalue weighted by Crippen LogP contribution is 2.14. The molecule has 5 heteroatoms. The third-order valence-corrected chi connectivity index (χ3v) is 5.66. The second-order valence-electron chi connectivity index (χ2n) is 8.17. The molecule has 0 unspecified atom stereocenters. The molecule has 1 rings (SSSR count). The number of aliphatic imine (C=N–C) groups is 1. The molecule has 0 bridgehead atoms. The fourth-order valence-electron chi connectivity index (χ4n) is 3.91. The van der Waals surface area contributed by atoms with Gasteiger partial charge in [0.2, 0.25) is 0 Å². The molecule has 1 aliphatic rings. The molecule has 1 heterocycles. The van der Waals surface area contributed by atoms with Crippen LogP contribution in [0.25, 0.3) is 0 Å². The zero-order chi connectivity index (χ0) is 19.4. The summed E-state index contributed by atoms with van der Waals surface area (Å²) in [6.45, 7) is 6.15. The molecule has 0 aromatic heterocycles. The van der Waals surface area contributed by atoms with E-state index < -0.39 is 0 Å². The van der Waals surface area contributed by atoms with Gasteiger partial charge >= 0.3 is 0 Å². The summed E-state index contributed by atoms with van der Waals surface area (Å²) in [5.74, 6) is 0. The molecule has 0 saturated heterocycles. The van der Waals surface area contributed by atoms with Gasteiger partial charge < -0.3 is 5.11 Å². The normalized spacial score (nSPS) is 13.5. The van der Waals surface area contributed by atoms with Crippen molar-refractivity contribution in [1.29, 1.82) is 0 Å². The van der Waals surface area contributed by atoms with Crippen LogP contribution in [-0.2, 0) is 0 Å². The maximum atomic E-state index is 9.22. The average Bonchev–Trinajstić information content (AvgIpc) is 3.21. The summed E-state index contributed by atoms with van der Waals surface area (Å²) in [4.78, 5) is 4.27. The predicted molar refractivity (Wildman–Crippen MR) is 126 cm³/mol. The van der Waals surface area contributed by atoms with Gasteiger partial charge in [0.25, 0.3) is 0 Å². The van der Waals surface area contributed by atoms with Crippen molar-refractivity contribution in [3.8, 4) is 0 Å². The highest BCUT2D eigenvalue weighted by atomic mass is 35.5. The third-order valence-electron chi connectivity index (χ3n) is 5.66. The van der Waals surface area contributed by atoms with Gasteiger partial charge in [-0.25, -0.2) is 5.01 Å². The number of aliphatic hydroxyl groups is 1. The maximum absolute atomic E-state index is 9.22. The Morgan fingerprint density at radius 3 is 1.61 bits per heavy atom.